The number of anilines is 1. The highest BCUT2D eigenvalue weighted by Crippen LogP contribution is 2.43. The van der Waals surface area contributed by atoms with E-state index in [1.165, 1.54) is 0 Å². The van der Waals surface area contributed by atoms with Crippen LogP contribution in [-0.2, 0) is 0 Å². The maximum atomic E-state index is 5.65. The van der Waals surface area contributed by atoms with E-state index in [0.717, 1.165) is 30.7 Å². The van der Waals surface area contributed by atoms with Crippen molar-refractivity contribution in [2.45, 2.75) is 6.04 Å². The third-order valence-corrected chi connectivity index (χ3v) is 3.24. The van der Waals surface area contributed by atoms with E-state index in [2.05, 4.69) is 20.8 Å². The molecule has 6 heteroatoms. The Kier molecular flexibility index (Phi) is 3.00. The lowest BCUT2D eigenvalue weighted by molar-refractivity contribution is 0.694. The Morgan fingerprint density at radius 3 is 2.60 bits per heavy atom. The molecule has 82 valence electrons. The van der Waals surface area contributed by atoms with Crippen molar-refractivity contribution < 1.29 is 0 Å². The zero-order chi connectivity index (χ0) is 9.54. The monoisotopic (exact) mass is 246 g/mol. The van der Waals surface area contributed by atoms with Gasteiger partial charge in [-0.15, -0.1) is 22.6 Å². The van der Waals surface area contributed by atoms with Crippen LogP contribution in [0.25, 0.3) is 0 Å². The van der Waals surface area contributed by atoms with Crippen molar-refractivity contribution in [2.24, 2.45) is 11.8 Å². The predicted molar refractivity (Wildman–Crippen MR) is 61.6 cm³/mol. The molecule has 15 heavy (non-hydrogen) atoms. The molecule has 0 amide bonds. The first-order valence-electron chi connectivity index (χ1n) is 4.81. The minimum absolute atomic E-state index is 0. The number of hydrogen-bond acceptors (Lipinski definition) is 4. The van der Waals surface area contributed by atoms with Crippen molar-refractivity contribution in [1.29, 1.82) is 0 Å². The second-order valence-corrected chi connectivity index (χ2v) is 4.28. The van der Waals surface area contributed by atoms with Crippen LogP contribution >= 0.6 is 24.0 Å². The molecule has 1 aliphatic heterocycles. The van der Waals surface area contributed by atoms with E-state index in [9.17, 15) is 0 Å². The van der Waals surface area contributed by atoms with Gasteiger partial charge in [0.25, 0.3) is 0 Å². The van der Waals surface area contributed by atoms with Gasteiger partial charge in [-0.25, -0.2) is 0 Å². The summed E-state index contributed by atoms with van der Waals surface area (Å²) in [5.74, 6) is 2.40. The summed E-state index contributed by atoms with van der Waals surface area (Å²) in [6, 6.07) is 4.22. The third-order valence-electron chi connectivity index (χ3n) is 3.04. The summed E-state index contributed by atoms with van der Waals surface area (Å²) in [4.78, 5) is 0. The zero-order valence-electron chi connectivity index (χ0n) is 7.98. The normalized spacial score (nSPS) is 31.7. The van der Waals surface area contributed by atoms with E-state index in [0.29, 0.717) is 11.2 Å². The molecule has 1 saturated carbocycles. The molecule has 1 aliphatic carbocycles. The lowest BCUT2D eigenvalue weighted by atomic mass is 10.4. The second-order valence-electron chi connectivity index (χ2n) is 3.90. The molecule has 3 atom stereocenters. The maximum Gasteiger partial charge on any atom is 0.151 e. The molecule has 2 heterocycles. The van der Waals surface area contributed by atoms with Gasteiger partial charge in [0, 0.05) is 19.1 Å². The highest BCUT2D eigenvalue weighted by atomic mass is 35.5. The highest BCUT2D eigenvalue weighted by Gasteiger charge is 2.53. The molecular formula is C9H12Cl2N4. The molecule has 1 aromatic heterocycles. The van der Waals surface area contributed by atoms with Gasteiger partial charge in [0.15, 0.2) is 5.15 Å². The number of nitrogens with one attached hydrogen (secondary N) is 2. The summed E-state index contributed by atoms with van der Waals surface area (Å²) in [5, 5.41) is 14.9. The number of aromatic nitrogens is 2. The molecule has 0 radical (unpaired) electrons. The molecule has 0 unspecified atom stereocenters. The van der Waals surface area contributed by atoms with Crippen molar-refractivity contribution in [3.63, 3.8) is 0 Å². The molecule has 1 saturated heterocycles. The van der Waals surface area contributed by atoms with E-state index < -0.39 is 0 Å². The fraction of sp³-hybridized carbons (Fsp3) is 0.556. The molecule has 0 spiro atoms. The number of piperidine rings is 1. The van der Waals surface area contributed by atoms with Crippen LogP contribution in [0.15, 0.2) is 12.1 Å². The molecule has 0 aromatic carbocycles. The summed E-state index contributed by atoms with van der Waals surface area (Å²) in [5.41, 5.74) is 0. The average Bonchev–Trinajstić information content (AvgIpc) is 2.63. The Bertz CT molecular complexity index is 332. The van der Waals surface area contributed by atoms with Gasteiger partial charge >= 0.3 is 0 Å². The molecule has 2 fully saturated rings. The second kappa shape index (κ2) is 4.12. The van der Waals surface area contributed by atoms with Gasteiger partial charge in [0.05, 0.1) is 0 Å². The van der Waals surface area contributed by atoms with Crippen LogP contribution in [0.1, 0.15) is 0 Å². The summed E-state index contributed by atoms with van der Waals surface area (Å²) >= 11 is 5.65. The summed E-state index contributed by atoms with van der Waals surface area (Å²) in [6.45, 7) is 2.26. The van der Waals surface area contributed by atoms with Crippen LogP contribution in [-0.4, -0.2) is 29.3 Å². The van der Waals surface area contributed by atoms with Crippen molar-refractivity contribution in [3.05, 3.63) is 17.3 Å². The van der Waals surface area contributed by atoms with E-state index in [1.807, 2.05) is 6.07 Å². The minimum Gasteiger partial charge on any atom is -0.365 e. The van der Waals surface area contributed by atoms with Crippen LogP contribution in [0.3, 0.4) is 0 Å². The summed E-state index contributed by atoms with van der Waals surface area (Å²) < 4.78 is 0. The van der Waals surface area contributed by atoms with Gasteiger partial charge in [0.1, 0.15) is 5.82 Å². The lowest BCUT2D eigenvalue weighted by Gasteiger charge is -2.06. The van der Waals surface area contributed by atoms with Gasteiger partial charge in [0.2, 0.25) is 0 Å². The quantitative estimate of drug-likeness (QED) is 0.824. The third kappa shape index (κ3) is 2.02. The smallest absolute Gasteiger partial charge is 0.151 e. The number of nitrogens with zero attached hydrogens (tertiary/aromatic N) is 2. The van der Waals surface area contributed by atoms with Gasteiger partial charge in [-0.05, 0) is 24.0 Å². The predicted octanol–water partition coefficient (Wildman–Crippen LogP) is 1.18. The molecule has 3 rings (SSSR count). The number of hydrogen-bond donors (Lipinski definition) is 2. The average molecular weight is 247 g/mol. The largest absolute Gasteiger partial charge is 0.365 e. The SMILES string of the molecule is Cl.Clc1ccc(N[C@H]2[C@@H]3CNC[C@@H]32)nn1. The molecule has 4 nitrogen and oxygen atoms in total. The molecule has 2 N–H and O–H groups in total. The first kappa shape index (κ1) is 10.9. The number of halogens is 2. The van der Waals surface area contributed by atoms with Crippen LogP contribution in [0.4, 0.5) is 5.82 Å². The first-order valence-corrected chi connectivity index (χ1v) is 5.19. The number of rotatable bonds is 2. The Morgan fingerprint density at radius 1 is 1.27 bits per heavy atom. The van der Waals surface area contributed by atoms with Gasteiger partial charge < -0.3 is 10.6 Å². The Balaban J connectivity index is 0.000000853. The Hall–Kier alpha value is -0.580. The fourth-order valence-electron chi connectivity index (χ4n) is 2.20. The van der Waals surface area contributed by atoms with Crippen molar-refractivity contribution in [2.75, 3.05) is 18.4 Å². The van der Waals surface area contributed by atoms with Gasteiger partial charge in [-0.3, -0.25) is 0 Å². The molecule has 1 aromatic rings. The first-order chi connectivity index (χ1) is 6.84. The Labute approximate surface area is 99.2 Å². The highest BCUT2D eigenvalue weighted by molar-refractivity contribution is 6.29. The molecular weight excluding hydrogens is 235 g/mol. The van der Waals surface area contributed by atoms with E-state index in [4.69, 9.17) is 11.6 Å². The van der Waals surface area contributed by atoms with E-state index >= 15 is 0 Å². The van der Waals surface area contributed by atoms with Crippen LogP contribution in [0.2, 0.25) is 5.15 Å². The maximum absolute atomic E-state index is 5.65. The van der Waals surface area contributed by atoms with Crippen molar-refractivity contribution >= 4 is 29.8 Å². The Morgan fingerprint density at radius 2 is 2.00 bits per heavy atom. The lowest BCUT2D eigenvalue weighted by Crippen LogP contribution is -2.21. The van der Waals surface area contributed by atoms with Gasteiger partial charge in [-0.2, -0.15) is 0 Å². The van der Waals surface area contributed by atoms with Crippen LogP contribution < -0.4 is 10.6 Å². The number of fused-ring (bicyclic) bond motifs is 1. The zero-order valence-corrected chi connectivity index (χ0v) is 9.55. The topological polar surface area (TPSA) is 49.8 Å². The molecule has 0 bridgehead atoms. The van der Waals surface area contributed by atoms with Crippen LogP contribution in [0, 0.1) is 11.8 Å². The minimum atomic E-state index is 0. The molecule has 2 aliphatic rings. The summed E-state index contributed by atoms with van der Waals surface area (Å²) in [6.07, 6.45) is 0. The van der Waals surface area contributed by atoms with E-state index in [-0.39, 0.29) is 12.4 Å². The van der Waals surface area contributed by atoms with E-state index in [1.54, 1.807) is 6.07 Å². The van der Waals surface area contributed by atoms with Gasteiger partial charge in [-0.1, -0.05) is 11.6 Å². The van der Waals surface area contributed by atoms with Crippen molar-refractivity contribution in [3.8, 4) is 0 Å². The fourth-order valence-corrected chi connectivity index (χ4v) is 2.30. The van der Waals surface area contributed by atoms with Crippen molar-refractivity contribution in [1.82, 2.24) is 15.5 Å². The van der Waals surface area contributed by atoms with Crippen LogP contribution in [0.5, 0.6) is 0 Å². The summed E-state index contributed by atoms with van der Waals surface area (Å²) in [7, 11) is 0. The standard InChI is InChI=1S/C9H11ClN4.ClH/c10-7-1-2-8(14-13-7)12-9-5-3-11-4-6(5)9;/h1-2,5-6,9,11H,3-4H2,(H,12,14);1H/t5-,6+,9+;.